The van der Waals surface area contributed by atoms with E-state index >= 15 is 0 Å². The molecule has 0 radical (unpaired) electrons. The second kappa shape index (κ2) is 5.73. The minimum atomic E-state index is -0.563. The first-order chi connectivity index (χ1) is 9.86. The Hall–Kier alpha value is -2.71. The van der Waals surface area contributed by atoms with Crippen LogP contribution in [-0.4, -0.2) is 25.8 Å². The van der Waals surface area contributed by atoms with Gasteiger partial charge in [-0.1, -0.05) is 12.1 Å². The quantitative estimate of drug-likeness (QED) is 0.662. The molecule has 0 fully saturated rings. The number of anilines is 1. The van der Waals surface area contributed by atoms with Gasteiger partial charge in [0.2, 0.25) is 5.91 Å². The fourth-order valence-electron chi connectivity index (χ4n) is 1.78. The molecule has 2 heterocycles. The van der Waals surface area contributed by atoms with Gasteiger partial charge in [0.1, 0.15) is 5.76 Å². The predicted octanol–water partition coefficient (Wildman–Crippen LogP) is 1.67. The lowest BCUT2D eigenvalue weighted by atomic mass is 10.1. The number of amides is 1. The van der Waals surface area contributed by atoms with E-state index in [1.54, 1.807) is 26.8 Å². The van der Waals surface area contributed by atoms with E-state index in [1.165, 1.54) is 10.7 Å². The monoisotopic (exact) mass is 293 g/mol. The summed E-state index contributed by atoms with van der Waals surface area (Å²) in [6.07, 6.45) is 0. The molecule has 0 aliphatic carbocycles. The van der Waals surface area contributed by atoms with Crippen LogP contribution in [0.5, 0.6) is 0 Å². The molecular weight excluding hydrogens is 278 g/mol. The minimum absolute atomic E-state index is 0.229. The average Bonchev–Trinajstić information content (AvgIpc) is 2.96. The molecule has 2 aromatic heterocycles. The molecule has 0 aromatic carbocycles. The number of nitro groups is 1. The van der Waals surface area contributed by atoms with Crippen molar-refractivity contribution < 1.29 is 14.2 Å². The Morgan fingerprint density at radius 3 is 2.76 bits per heavy atom. The molecule has 21 heavy (non-hydrogen) atoms. The van der Waals surface area contributed by atoms with E-state index in [1.807, 2.05) is 0 Å². The Morgan fingerprint density at radius 1 is 1.52 bits per heavy atom. The zero-order valence-corrected chi connectivity index (χ0v) is 11.9. The van der Waals surface area contributed by atoms with Crippen LogP contribution in [0.2, 0.25) is 0 Å². The topological polar surface area (TPSA) is 116 Å². The van der Waals surface area contributed by atoms with Gasteiger partial charge < -0.3 is 20.0 Å². The lowest BCUT2D eigenvalue weighted by Crippen LogP contribution is -2.25. The van der Waals surface area contributed by atoms with Crippen LogP contribution in [0.4, 0.5) is 11.6 Å². The third-order valence-electron chi connectivity index (χ3n) is 2.93. The van der Waals surface area contributed by atoms with E-state index in [0.717, 1.165) is 0 Å². The summed E-state index contributed by atoms with van der Waals surface area (Å²) in [6.45, 7) is 5.36. The molecule has 1 atom stereocenters. The molecule has 9 nitrogen and oxygen atoms in total. The van der Waals surface area contributed by atoms with Crippen LogP contribution in [0.15, 0.2) is 16.7 Å². The van der Waals surface area contributed by atoms with Crippen LogP contribution in [-0.2, 0) is 11.3 Å². The molecule has 0 bridgehead atoms. The number of rotatable bonds is 5. The van der Waals surface area contributed by atoms with Crippen LogP contribution < -0.4 is 5.32 Å². The maximum absolute atomic E-state index is 12.0. The predicted molar refractivity (Wildman–Crippen MR) is 72.7 cm³/mol. The molecule has 1 amide bonds. The van der Waals surface area contributed by atoms with E-state index in [0.29, 0.717) is 17.3 Å². The van der Waals surface area contributed by atoms with Crippen molar-refractivity contribution in [2.45, 2.75) is 27.3 Å². The smallest absolute Gasteiger partial charge is 0.360 e. The summed E-state index contributed by atoms with van der Waals surface area (Å²) in [4.78, 5) is 22.1. The van der Waals surface area contributed by atoms with Gasteiger partial charge in [0.25, 0.3) is 0 Å². The number of nitrogens with zero attached hydrogens (tertiary/aromatic N) is 4. The highest BCUT2D eigenvalue weighted by molar-refractivity contribution is 5.91. The third-order valence-corrected chi connectivity index (χ3v) is 2.93. The standard InChI is InChI=1S/C12H15N5O4/c1-7(12(18)13-10-5-9(3)21-15-10)6-16-8(2)4-11(14-16)17(19)20/h4-5,7H,6H2,1-3H3,(H,13,15,18)/t7-/m1/s1. The lowest BCUT2D eigenvalue weighted by molar-refractivity contribution is -0.389. The van der Waals surface area contributed by atoms with Gasteiger partial charge in [-0.3, -0.25) is 4.79 Å². The molecule has 0 unspecified atom stereocenters. The van der Waals surface area contributed by atoms with Gasteiger partial charge >= 0.3 is 5.82 Å². The summed E-state index contributed by atoms with van der Waals surface area (Å²) >= 11 is 0. The molecule has 0 saturated carbocycles. The van der Waals surface area contributed by atoms with Crippen molar-refractivity contribution >= 4 is 17.5 Å². The molecule has 0 saturated heterocycles. The van der Waals surface area contributed by atoms with Crippen LogP contribution in [0.25, 0.3) is 0 Å². The number of aryl methyl sites for hydroxylation is 2. The number of carbonyl (C=O) groups is 1. The molecule has 0 aliphatic heterocycles. The fraction of sp³-hybridized carbons (Fsp3) is 0.417. The summed E-state index contributed by atoms with van der Waals surface area (Å²) in [5, 5.41) is 20.8. The molecule has 0 aliphatic rings. The highest BCUT2D eigenvalue weighted by atomic mass is 16.6. The number of hydrogen-bond donors (Lipinski definition) is 1. The van der Waals surface area contributed by atoms with E-state index in [-0.39, 0.29) is 18.3 Å². The van der Waals surface area contributed by atoms with Crippen molar-refractivity contribution in [2.24, 2.45) is 5.92 Å². The molecule has 0 spiro atoms. The third kappa shape index (κ3) is 3.44. The minimum Gasteiger partial charge on any atom is -0.360 e. The van der Waals surface area contributed by atoms with Crippen molar-refractivity contribution in [1.82, 2.24) is 14.9 Å². The van der Waals surface area contributed by atoms with Crippen molar-refractivity contribution in [3.8, 4) is 0 Å². The summed E-state index contributed by atoms with van der Waals surface area (Å²) in [5.41, 5.74) is 0.624. The van der Waals surface area contributed by atoms with Crippen LogP contribution in [0.3, 0.4) is 0 Å². The molecule has 2 rings (SSSR count). The first kappa shape index (κ1) is 14.7. The zero-order chi connectivity index (χ0) is 15.6. The maximum Gasteiger partial charge on any atom is 0.390 e. The normalized spacial score (nSPS) is 12.1. The molecule has 112 valence electrons. The molecule has 1 N–H and O–H groups in total. The molecule has 9 heteroatoms. The van der Waals surface area contributed by atoms with Gasteiger partial charge in [-0.25, -0.2) is 0 Å². The summed E-state index contributed by atoms with van der Waals surface area (Å²) < 4.78 is 6.30. The Kier molecular flexibility index (Phi) is 4.01. The van der Waals surface area contributed by atoms with Gasteiger partial charge in [-0.15, -0.1) is 0 Å². The van der Waals surface area contributed by atoms with Crippen molar-refractivity contribution in [2.75, 3.05) is 5.32 Å². The highest BCUT2D eigenvalue weighted by Gasteiger charge is 2.21. The Bertz CT molecular complexity index is 675. The number of aromatic nitrogens is 3. The van der Waals surface area contributed by atoms with E-state index in [4.69, 9.17) is 4.52 Å². The molecular formula is C12H15N5O4. The second-order valence-corrected chi connectivity index (χ2v) is 4.80. The SMILES string of the molecule is Cc1cc(NC(=O)[C@H](C)Cn2nc([N+](=O)[O-])cc2C)no1. The van der Waals surface area contributed by atoms with Crippen LogP contribution in [0, 0.1) is 29.9 Å². The molecule has 2 aromatic rings. The van der Waals surface area contributed by atoms with Crippen molar-refractivity contribution in [3.05, 3.63) is 33.7 Å². The first-order valence-electron chi connectivity index (χ1n) is 6.30. The first-order valence-corrected chi connectivity index (χ1v) is 6.30. The van der Waals surface area contributed by atoms with Crippen molar-refractivity contribution in [3.63, 3.8) is 0 Å². The average molecular weight is 293 g/mol. The lowest BCUT2D eigenvalue weighted by Gasteiger charge is -2.09. The van der Waals surface area contributed by atoms with Crippen molar-refractivity contribution in [1.29, 1.82) is 0 Å². The largest absolute Gasteiger partial charge is 0.390 e. The van der Waals surface area contributed by atoms with E-state index in [9.17, 15) is 14.9 Å². The highest BCUT2D eigenvalue weighted by Crippen LogP contribution is 2.14. The van der Waals surface area contributed by atoms with Gasteiger partial charge in [0, 0.05) is 6.07 Å². The van der Waals surface area contributed by atoms with Gasteiger partial charge in [-0.2, -0.15) is 4.68 Å². The van der Waals surface area contributed by atoms with Gasteiger partial charge in [0.15, 0.2) is 5.82 Å². The fourth-order valence-corrected chi connectivity index (χ4v) is 1.78. The number of carbonyl (C=O) groups excluding carboxylic acids is 1. The number of nitrogens with one attached hydrogen (secondary N) is 1. The Balaban J connectivity index is 2.02. The van der Waals surface area contributed by atoms with Gasteiger partial charge in [-0.05, 0) is 18.8 Å². The zero-order valence-electron chi connectivity index (χ0n) is 11.9. The Labute approximate surface area is 120 Å². The van der Waals surface area contributed by atoms with E-state index < -0.39 is 10.8 Å². The number of hydrogen-bond acceptors (Lipinski definition) is 6. The maximum atomic E-state index is 12.0. The van der Waals surface area contributed by atoms with Crippen LogP contribution >= 0.6 is 0 Å². The van der Waals surface area contributed by atoms with Crippen LogP contribution in [0.1, 0.15) is 18.4 Å². The summed E-state index contributed by atoms with van der Waals surface area (Å²) in [6, 6.07) is 2.97. The summed E-state index contributed by atoms with van der Waals surface area (Å²) in [7, 11) is 0. The van der Waals surface area contributed by atoms with E-state index in [2.05, 4.69) is 15.6 Å². The Morgan fingerprint density at radius 2 is 2.24 bits per heavy atom. The second-order valence-electron chi connectivity index (χ2n) is 4.80. The van der Waals surface area contributed by atoms with Gasteiger partial charge in [0.05, 0.1) is 29.3 Å². The summed E-state index contributed by atoms with van der Waals surface area (Å²) in [5.74, 6) is 0.0114.